The van der Waals surface area contributed by atoms with E-state index in [0.717, 1.165) is 37.6 Å². The first-order valence-electron chi connectivity index (χ1n) is 8.36. The largest absolute Gasteiger partial charge is 0.422 e. The van der Waals surface area contributed by atoms with Gasteiger partial charge >= 0.3 is 0 Å². The number of rotatable bonds is 4. The Morgan fingerprint density at radius 1 is 1.26 bits per heavy atom. The molecule has 0 bridgehead atoms. The molecule has 0 aromatic carbocycles. The Hall–Kier alpha value is -1.31. The van der Waals surface area contributed by atoms with Crippen LogP contribution in [0.1, 0.15) is 53.6 Å². The second-order valence-electron chi connectivity index (χ2n) is 6.97. The molecule has 2 aromatic rings. The molecule has 3 atom stereocenters. The van der Waals surface area contributed by atoms with Gasteiger partial charge in [0.25, 0.3) is 0 Å². The molecule has 2 aliphatic heterocycles. The van der Waals surface area contributed by atoms with Gasteiger partial charge in [-0.1, -0.05) is 0 Å². The molecule has 0 spiro atoms. The molecular formula is C16H20N4O2S. The molecule has 0 radical (unpaired) electrons. The van der Waals surface area contributed by atoms with Crippen molar-refractivity contribution in [1.82, 2.24) is 20.1 Å². The minimum absolute atomic E-state index is 0.00251. The van der Waals surface area contributed by atoms with Gasteiger partial charge < -0.3 is 9.15 Å². The van der Waals surface area contributed by atoms with E-state index in [0.29, 0.717) is 23.8 Å². The van der Waals surface area contributed by atoms with Crippen molar-refractivity contribution in [2.45, 2.75) is 50.9 Å². The van der Waals surface area contributed by atoms with Crippen LogP contribution in [0.4, 0.5) is 0 Å². The fourth-order valence-electron chi connectivity index (χ4n) is 3.69. The molecule has 7 heteroatoms. The van der Waals surface area contributed by atoms with Crippen LogP contribution in [0, 0.1) is 12.8 Å². The van der Waals surface area contributed by atoms with Crippen molar-refractivity contribution in [3.63, 3.8) is 0 Å². The van der Waals surface area contributed by atoms with E-state index in [1.165, 1.54) is 17.7 Å². The summed E-state index contributed by atoms with van der Waals surface area (Å²) in [4.78, 5) is 8.19. The highest BCUT2D eigenvalue weighted by Crippen LogP contribution is 2.43. The van der Waals surface area contributed by atoms with Crippen molar-refractivity contribution in [3.8, 4) is 0 Å². The minimum atomic E-state index is -0.00251. The zero-order valence-electron chi connectivity index (χ0n) is 13.1. The van der Waals surface area contributed by atoms with Crippen LogP contribution in [0.5, 0.6) is 0 Å². The first-order valence-corrected chi connectivity index (χ1v) is 9.24. The SMILES string of the molecule is Cc1ncsc1CN1C[C@H]2C[C@H](c3nnc(C4CC4)o3)O[C@H]2C1. The average molecular weight is 332 g/mol. The van der Waals surface area contributed by atoms with Crippen molar-refractivity contribution >= 4 is 11.3 Å². The summed E-state index contributed by atoms with van der Waals surface area (Å²) in [5, 5.41) is 8.39. The smallest absolute Gasteiger partial charge is 0.245 e. The van der Waals surface area contributed by atoms with Gasteiger partial charge in [0.2, 0.25) is 11.8 Å². The Morgan fingerprint density at radius 3 is 2.87 bits per heavy atom. The van der Waals surface area contributed by atoms with E-state index in [4.69, 9.17) is 9.15 Å². The lowest BCUT2D eigenvalue weighted by Gasteiger charge is -2.17. The third-order valence-corrected chi connectivity index (χ3v) is 6.10. The van der Waals surface area contributed by atoms with E-state index < -0.39 is 0 Å². The first kappa shape index (κ1) is 14.1. The summed E-state index contributed by atoms with van der Waals surface area (Å²) in [7, 11) is 0. The van der Waals surface area contributed by atoms with Crippen molar-refractivity contribution in [1.29, 1.82) is 0 Å². The summed E-state index contributed by atoms with van der Waals surface area (Å²) in [6.07, 6.45) is 3.66. The van der Waals surface area contributed by atoms with Crippen LogP contribution >= 0.6 is 11.3 Å². The number of nitrogens with zero attached hydrogens (tertiary/aromatic N) is 4. The lowest BCUT2D eigenvalue weighted by atomic mass is 10.0. The first-order chi connectivity index (χ1) is 11.3. The summed E-state index contributed by atoms with van der Waals surface area (Å²) in [5.74, 6) is 2.58. The maximum atomic E-state index is 6.21. The van der Waals surface area contributed by atoms with Crippen LogP contribution in [0.25, 0.3) is 0 Å². The van der Waals surface area contributed by atoms with Gasteiger partial charge in [-0.25, -0.2) is 4.98 Å². The fraction of sp³-hybridized carbons (Fsp3) is 0.688. The molecule has 2 aromatic heterocycles. The quantitative estimate of drug-likeness (QED) is 0.858. The second-order valence-corrected chi connectivity index (χ2v) is 7.91. The Balaban J connectivity index is 1.21. The summed E-state index contributed by atoms with van der Waals surface area (Å²) < 4.78 is 12.0. The molecule has 6 nitrogen and oxygen atoms in total. The maximum Gasteiger partial charge on any atom is 0.245 e. The second kappa shape index (κ2) is 5.36. The number of ether oxygens (including phenoxy) is 1. The van der Waals surface area contributed by atoms with Gasteiger partial charge in [-0.2, -0.15) is 0 Å². The van der Waals surface area contributed by atoms with Crippen LogP contribution in [-0.2, 0) is 11.3 Å². The van der Waals surface area contributed by atoms with Gasteiger partial charge in [-0.15, -0.1) is 21.5 Å². The van der Waals surface area contributed by atoms with Crippen molar-refractivity contribution in [2.24, 2.45) is 5.92 Å². The Bertz CT molecular complexity index is 697. The third kappa shape index (κ3) is 2.60. The topological polar surface area (TPSA) is 64.3 Å². The van der Waals surface area contributed by atoms with E-state index >= 15 is 0 Å². The van der Waals surface area contributed by atoms with Gasteiger partial charge in [-0.05, 0) is 26.2 Å². The average Bonchev–Trinajstić information content (AvgIpc) is 2.90. The molecule has 1 saturated carbocycles. The highest BCUT2D eigenvalue weighted by molar-refractivity contribution is 7.09. The van der Waals surface area contributed by atoms with E-state index in [-0.39, 0.29) is 6.10 Å². The van der Waals surface area contributed by atoms with Gasteiger partial charge in [0, 0.05) is 36.3 Å². The molecule has 5 rings (SSSR count). The predicted octanol–water partition coefficient (Wildman–Crippen LogP) is 2.67. The standard InChI is InChI=1S/C16H20N4O2S/c1-9-14(23-8-17-9)7-20-5-11-4-12(21-13(11)6-20)16-19-18-15(22-16)10-2-3-10/h8,10-13H,2-7H2,1H3/t11-,12-,13+/m1/s1. The molecule has 0 unspecified atom stereocenters. The van der Waals surface area contributed by atoms with E-state index in [9.17, 15) is 0 Å². The third-order valence-electron chi connectivity index (χ3n) is 5.18. The molecular weight excluding hydrogens is 312 g/mol. The Labute approximate surface area is 138 Å². The molecule has 3 aliphatic rings. The Kier molecular flexibility index (Phi) is 3.28. The van der Waals surface area contributed by atoms with Gasteiger partial charge in [0.05, 0.1) is 17.3 Å². The number of hydrogen-bond acceptors (Lipinski definition) is 7. The zero-order valence-corrected chi connectivity index (χ0v) is 14.0. The molecule has 23 heavy (non-hydrogen) atoms. The normalized spacial score (nSPS) is 30.9. The van der Waals surface area contributed by atoms with Crippen molar-refractivity contribution in [2.75, 3.05) is 13.1 Å². The summed E-state index contributed by atoms with van der Waals surface area (Å²) in [6, 6.07) is 0. The van der Waals surface area contributed by atoms with E-state index in [1.54, 1.807) is 11.3 Å². The minimum Gasteiger partial charge on any atom is -0.422 e. The van der Waals surface area contributed by atoms with Crippen LogP contribution in [-0.4, -0.2) is 39.3 Å². The van der Waals surface area contributed by atoms with Crippen LogP contribution in [0.3, 0.4) is 0 Å². The summed E-state index contributed by atoms with van der Waals surface area (Å²) in [6.45, 7) is 5.15. The molecule has 4 heterocycles. The van der Waals surface area contributed by atoms with Gasteiger partial charge in [-0.3, -0.25) is 4.90 Å². The van der Waals surface area contributed by atoms with Crippen LogP contribution in [0.2, 0.25) is 0 Å². The van der Waals surface area contributed by atoms with Crippen LogP contribution in [0.15, 0.2) is 9.93 Å². The Morgan fingerprint density at radius 2 is 2.13 bits per heavy atom. The number of hydrogen-bond donors (Lipinski definition) is 0. The number of likely N-dealkylation sites (tertiary alicyclic amines) is 1. The number of fused-ring (bicyclic) bond motifs is 1. The molecule has 3 fully saturated rings. The fourth-order valence-corrected chi connectivity index (χ4v) is 4.51. The van der Waals surface area contributed by atoms with Crippen molar-refractivity contribution in [3.05, 3.63) is 27.9 Å². The van der Waals surface area contributed by atoms with Gasteiger partial charge in [0.1, 0.15) is 6.10 Å². The predicted molar refractivity (Wildman–Crippen MR) is 84.1 cm³/mol. The monoisotopic (exact) mass is 332 g/mol. The summed E-state index contributed by atoms with van der Waals surface area (Å²) in [5.41, 5.74) is 3.09. The van der Waals surface area contributed by atoms with Crippen molar-refractivity contribution < 1.29 is 9.15 Å². The highest BCUT2D eigenvalue weighted by atomic mass is 32.1. The summed E-state index contributed by atoms with van der Waals surface area (Å²) >= 11 is 1.75. The zero-order chi connectivity index (χ0) is 15.4. The molecule has 0 N–H and O–H groups in total. The highest BCUT2D eigenvalue weighted by Gasteiger charge is 2.44. The number of aromatic nitrogens is 3. The lowest BCUT2D eigenvalue weighted by molar-refractivity contribution is 0.0223. The van der Waals surface area contributed by atoms with Crippen LogP contribution < -0.4 is 0 Å². The van der Waals surface area contributed by atoms with Gasteiger partial charge in [0.15, 0.2) is 0 Å². The lowest BCUT2D eigenvalue weighted by Crippen LogP contribution is -2.23. The van der Waals surface area contributed by atoms with E-state index in [1.807, 2.05) is 5.51 Å². The molecule has 1 aliphatic carbocycles. The number of thiazole rings is 1. The molecule has 2 saturated heterocycles. The van der Waals surface area contributed by atoms with E-state index in [2.05, 4.69) is 27.0 Å². The molecule has 0 amide bonds. The molecule has 122 valence electrons. The number of aryl methyl sites for hydroxylation is 1. The maximum absolute atomic E-state index is 6.21.